The van der Waals surface area contributed by atoms with E-state index in [1.807, 2.05) is 0 Å². The van der Waals surface area contributed by atoms with Crippen molar-refractivity contribution in [2.45, 2.75) is 77.3 Å². The zero-order valence-electron chi connectivity index (χ0n) is 12.9. The van der Waals surface area contributed by atoms with Crippen molar-refractivity contribution in [3.05, 3.63) is 0 Å². The average molecular weight is 267 g/mol. The molecule has 0 bridgehead atoms. The Morgan fingerprint density at radius 1 is 1.21 bits per heavy atom. The minimum absolute atomic E-state index is 0.0533. The van der Waals surface area contributed by atoms with E-state index in [1.165, 1.54) is 32.8 Å². The molecule has 3 nitrogen and oxygen atoms in total. The van der Waals surface area contributed by atoms with Gasteiger partial charge in [-0.25, -0.2) is 0 Å². The number of carbonyl (C=O) groups excluding carboxylic acids is 1. The summed E-state index contributed by atoms with van der Waals surface area (Å²) < 4.78 is 5.14. The van der Waals surface area contributed by atoms with Gasteiger partial charge in [0.1, 0.15) is 5.54 Å². The fourth-order valence-corrected chi connectivity index (χ4v) is 4.08. The van der Waals surface area contributed by atoms with Crippen LogP contribution in [0.1, 0.15) is 65.7 Å². The fraction of sp³-hybridized carbons (Fsp3) is 0.938. The maximum Gasteiger partial charge on any atom is 0.326 e. The number of rotatable bonds is 3. The number of hydrogen-bond acceptors (Lipinski definition) is 3. The molecule has 19 heavy (non-hydrogen) atoms. The van der Waals surface area contributed by atoms with E-state index < -0.39 is 5.54 Å². The lowest BCUT2D eigenvalue weighted by Crippen LogP contribution is -2.62. The molecule has 0 spiro atoms. The Labute approximate surface area is 117 Å². The van der Waals surface area contributed by atoms with Gasteiger partial charge in [-0.1, -0.05) is 33.6 Å². The van der Waals surface area contributed by atoms with E-state index in [1.54, 1.807) is 0 Å². The molecule has 1 N–H and O–H groups in total. The SMILES string of the molecule is COC(=O)C1(NC2CCCC2)CCC(C)(C)CC1C. The molecule has 2 unspecified atom stereocenters. The summed E-state index contributed by atoms with van der Waals surface area (Å²) in [6, 6.07) is 0.503. The summed E-state index contributed by atoms with van der Waals surface area (Å²) in [7, 11) is 1.52. The molecule has 2 rings (SSSR count). The van der Waals surface area contributed by atoms with Gasteiger partial charge in [-0.05, 0) is 43.4 Å². The zero-order valence-corrected chi connectivity index (χ0v) is 12.9. The first kappa shape index (κ1) is 14.8. The first-order valence-electron chi connectivity index (χ1n) is 7.76. The molecular formula is C16H29NO2. The molecule has 0 aliphatic heterocycles. The molecule has 2 saturated carbocycles. The van der Waals surface area contributed by atoms with Gasteiger partial charge < -0.3 is 4.74 Å². The molecule has 0 heterocycles. The highest BCUT2D eigenvalue weighted by molar-refractivity contribution is 5.81. The van der Waals surface area contributed by atoms with E-state index in [-0.39, 0.29) is 5.97 Å². The third-order valence-corrected chi connectivity index (χ3v) is 5.26. The topological polar surface area (TPSA) is 38.3 Å². The molecule has 0 amide bonds. The van der Waals surface area contributed by atoms with Gasteiger partial charge in [-0.15, -0.1) is 0 Å². The molecule has 0 aromatic carbocycles. The molecular weight excluding hydrogens is 238 g/mol. The van der Waals surface area contributed by atoms with Crippen LogP contribution in [0, 0.1) is 11.3 Å². The minimum Gasteiger partial charge on any atom is -0.468 e. The van der Waals surface area contributed by atoms with Crippen LogP contribution in [-0.4, -0.2) is 24.7 Å². The van der Waals surface area contributed by atoms with Gasteiger partial charge in [-0.2, -0.15) is 0 Å². The van der Waals surface area contributed by atoms with E-state index in [0.717, 1.165) is 19.3 Å². The molecule has 0 aromatic heterocycles. The Bertz CT molecular complexity index is 334. The second-order valence-electron chi connectivity index (χ2n) is 7.36. The number of nitrogens with one attached hydrogen (secondary N) is 1. The third kappa shape index (κ3) is 2.96. The predicted molar refractivity (Wildman–Crippen MR) is 76.9 cm³/mol. The first-order chi connectivity index (χ1) is 8.89. The largest absolute Gasteiger partial charge is 0.468 e. The van der Waals surface area contributed by atoms with Crippen LogP contribution in [0.15, 0.2) is 0 Å². The summed E-state index contributed by atoms with van der Waals surface area (Å²) in [5.41, 5.74) is -0.104. The monoisotopic (exact) mass is 267 g/mol. The molecule has 0 saturated heterocycles. The van der Waals surface area contributed by atoms with Gasteiger partial charge in [0.05, 0.1) is 7.11 Å². The number of methoxy groups -OCH3 is 1. The molecule has 0 aromatic rings. The zero-order chi connectivity index (χ0) is 14.1. The lowest BCUT2D eigenvalue weighted by Gasteiger charge is -2.48. The molecule has 3 heteroatoms. The second kappa shape index (κ2) is 5.43. The maximum atomic E-state index is 12.4. The van der Waals surface area contributed by atoms with Gasteiger partial charge in [-0.3, -0.25) is 10.1 Å². The van der Waals surface area contributed by atoms with E-state index in [0.29, 0.717) is 17.4 Å². The van der Waals surface area contributed by atoms with Gasteiger partial charge in [0.15, 0.2) is 0 Å². The highest BCUT2D eigenvalue weighted by atomic mass is 16.5. The summed E-state index contributed by atoms with van der Waals surface area (Å²) in [6.45, 7) is 6.82. The van der Waals surface area contributed by atoms with Crippen LogP contribution in [-0.2, 0) is 9.53 Å². The standard InChI is InChI=1S/C16H29NO2/c1-12-11-15(2,3)9-10-16(12,14(18)19-4)17-13-7-5-6-8-13/h12-13,17H,5-11H2,1-4H3. The van der Waals surface area contributed by atoms with Gasteiger partial charge >= 0.3 is 5.97 Å². The Hall–Kier alpha value is -0.570. The Balaban J connectivity index is 2.17. The van der Waals surface area contributed by atoms with Gasteiger partial charge in [0.2, 0.25) is 0 Å². The molecule has 2 fully saturated rings. The molecule has 0 radical (unpaired) electrons. The highest BCUT2D eigenvalue weighted by Crippen LogP contribution is 2.45. The first-order valence-corrected chi connectivity index (χ1v) is 7.76. The van der Waals surface area contributed by atoms with Crippen LogP contribution in [0.2, 0.25) is 0 Å². The maximum absolute atomic E-state index is 12.4. The minimum atomic E-state index is -0.445. The Morgan fingerprint density at radius 2 is 1.84 bits per heavy atom. The van der Waals surface area contributed by atoms with Crippen molar-refractivity contribution in [3.63, 3.8) is 0 Å². The highest BCUT2D eigenvalue weighted by Gasteiger charge is 2.50. The smallest absolute Gasteiger partial charge is 0.326 e. The van der Waals surface area contributed by atoms with Crippen LogP contribution >= 0.6 is 0 Å². The van der Waals surface area contributed by atoms with E-state index in [4.69, 9.17) is 4.74 Å². The molecule has 110 valence electrons. The van der Waals surface area contributed by atoms with Crippen molar-refractivity contribution in [1.82, 2.24) is 5.32 Å². The predicted octanol–water partition coefficient (Wildman–Crippen LogP) is 3.28. The van der Waals surface area contributed by atoms with Crippen molar-refractivity contribution < 1.29 is 9.53 Å². The van der Waals surface area contributed by atoms with Crippen LogP contribution in [0.4, 0.5) is 0 Å². The Kier molecular flexibility index (Phi) is 4.24. The Morgan fingerprint density at radius 3 is 2.37 bits per heavy atom. The van der Waals surface area contributed by atoms with Crippen molar-refractivity contribution in [3.8, 4) is 0 Å². The normalized spacial score (nSPS) is 35.3. The van der Waals surface area contributed by atoms with E-state index in [9.17, 15) is 4.79 Å². The summed E-state index contributed by atoms with van der Waals surface area (Å²) in [6.07, 6.45) is 8.06. The van der Waals surface area contributed by atoms with Crippen LogP contribution in [0.3, 0.4) is 0 Å². The second-order valence-corrected chi connectivity index (χ2v) is 7.36. The van der Waals surface area contributed by atoms with Crippen LogP contribution in [0.25, 0.3) is 0 Å². The average Bonchev–Trinajstić information content (AvgIpc) is 2.84. The van der Waals surface area contributed by atoms with Crippen molar-refractivity contribution in [2.24, 2.45) is 11.3 Å². The van der Waals surface area contributed by atoms with Crippen molar-refractivity contribution >= 4 is 5.97 Å². The van der Waals surface area contributed by atoms with Crippen LogP contribution < -0.4 is 5.32 Å². The molecule has 2 atom stereocenters. The number of hydrogen-bond donors (Lipinski definition) is 1. The number of carbonyl (C=O) groups is 1. The van der Waals surface area contributed by atoms with E-state index >= 15 is 0 Å². The number of esters is 1. The third-order valence-electron chi connectivity index (χ3n) is 5.26. The lowest BCUT2D eigenvalue weighted by molar-refractivity contribution is -0.155. The van der Waals surface area contributed by atoms with Crippen molar-refractivity contribution in [2.75, 3.05) is 7.11 Å². The molecule has 2 aliphatic rings. The van der Waals surface area contributed by atoms with Gasteiger partial charge in [0, 0.05) is 6.04 Å². The van der Waals surface area contributed by atoms with Gasteiger partial charge in [0.25, 0.3) is 0 Å². The summed E-state index contributed by atoms with van der Waals surface area (Å²) in [5, 5.41) is 3.70. The van der Waals surface area contributed by atoms with Crippen LogP contribution in [0.5, 0.6) is 0 Å². The number of ether oxygens (including phenoxy) is 1. The van der Waals surface area contributed by atoms with E-state index in [2.05, 4.69) is 26.1 Å². The quantitative estimate of drug-likeness (QED) is 0.798. The van der Waals surface area contributed by atoms with Crippen molar-refractivity contribution in [1.29, 1.82) is 0 Å². The fourth-order valence-electron chi connectivity index (χ4n) is 4.08. The summed E-state index contributed by atoms with van der Waals surface area (Å²) >= 11 is 0. The summed E-state index contributed by atoms with van der Waals surface area (Å²) in [5.74, 6) is 0.284. The summed E-state index contributed by atoms with van der Waals surface area (Å²) in [4.78, 5) is 12.4. The lowest BCUT2D eigenvalue weighted by atomic mass is 9.63. The molecule has 2 aliphatic carbocycles.